The van der Waals surface area contributed by atoms with E-state index in [1.54, 1.807) is 24.5 Å². The number of pyridine rings is 3. The van der Waals surface area contributed by atoms with Crippen LogP contribution in [0.25, 0.3) is 22.1 Å². The van der Waals surface area contributed by atoms with Gasteiger partial charge >= 0.3 is 0 Å². The van der Waals surface area contributed by atoms with E-state index in [4.69, 9.17) is 0 Å². The Kier molecular flexibility index (Phi) is 1.44. The Morgan fingerprint density at radius 3 is 2.86 bits per heavy atom. The predicted molar refractivity (Wildman–Crippen MR) is 52.5 cm³/mol. The molecule has 0 atom stereocenters. The van der Waals surface area contributed by atoms with E-state index < -0.39 is 0 Å². The Labute approximate surface area is 80.5 Å². The number of fused-ring (bicyclic) bond motifs is 2. The highest BCUT2D eigenvalue weighted by Gasteiger charge is 1.86. The quantitative estimate of drug-likeness (QED) is 0.390. The van der Waals surface area contributed by atoms with E-state index in [-0.39, 0.29) is 0 Å². The maximum Gasteiger partial charge on any atom is 0.0623 e. The first-order valence-corrected chi connectivity index (χ1v) is 4.23. The van der Waals surface area contributed by atoms with Crippen LogP contribution in [-0.2, 0) is 0 Å². The fourth-order valence-electron chi connectivity index (χ4n) is 1.37. The molecule has 3 rings (SSSR count). The van der Waals surface area contributed by atoms with Gasteiger partial charge in [-0.1, -0.05) is 17.9 Å². The summed E-state index contributed by atoms with van der Waals surface area (Å²) in [6.45, 7) is 0. The molecule has 3 aromatic heterocycles. The second kappa shape index (κ2) is 2.73. The summed E-state index contributed by atoms with van der Waals surface area (Å²) in [6, 6.07) is 11.5. The minimum Gasteiger partial charge on any atom is -0.391 e. The minimum absolute atomic E-state index is 0.684. The normalized spacial score (nSPS) is 10.9. The SMILES string of the molecule is [c-]1ccnc2nc3[c-]ccnc3cc12. The third-order valence-electron chi connectivity index (χ3n) is 2.00. The molecule has 0 bridgehead atoms. The van der Waals surface area contributed by atoms with Crippen molar-refractivity contribution in [3.05, 3.63) is 42.7 Å². The largest absolute Gasteiger partial charge is 0.391 e. The zero-order valence-corrected chi connectivity index (χ0v) is 7.23. The van der Waals surface area contributed by atoms with Crippen LogP contribution >= 0.6 is 0 Å². The molecule has 3 heterocycles. The molecule has 14 heavy (non-hydrogen) atoms. The van der Waals surface area contributed by atoms with E-state index >= 15 is 0 Å². The monoisotopic (exact) mass is 179 g/mol. The molecule has 3 nitrogen and oxygen atoms in total. The highest BCUT2D eigenvalue weighted by molar-refractivity contribution is 5.87. The first-order valence-electron chi connectivity index (χ1n) is 4.23. The van der Waals surface area contributed by atoms with Gasteiger partial charge in [-0.2, -0.15) is 18.2 Å². The highest BCUT2D eigenvalue weighted by Crippen LogP contribution is 2.14. The van der Waals surface area contributed by atoms with Crippen molar-refractivity contribution in [3.8, 4) is 0 Å². The van der Waals surface area contributed by atoms with Crippen LogP contribution in [-0.4, -0.2) is 15.0 Å². The van der Waals surface area contributed by atoms with Crippen LogP contribution in [0.5, 0.6) is 0 Å². The molecular formula is C11H5N3-2. The van der Waals surface area contributed by atoms with Gasteiger partial charge in [-0.15, -0.1) is 17.5 Å². The Balaban J connectivity index is 2.52. The lowest BCUT2D eigenvalue weighted by atomic mass is 10.2. The molecule has 0 saturated heterocycles. The molecule has 0 radical (unpaired) electrons. The van der Waals surface area contributed by atoms with E-state index in [1.165, 1.54) is 0 Å². The van der Waals surface area contributed by atoms with E-state index in [0.29, 0.717) is 5.65 Å². The van der Waals surface area contributed by atoms with Gasteiger partial charge in [-0.25, -0.2) is 0 Å². The summed E-state index contributed by atoms with van der Waals surface area (Å²) < 4.78 is 0. The van der Waals surface area contributed by atoms with Gasteiger partial charge in [0.15, 0.2) is 0 Å². The molecule has 3 heteroatoms. The number of nitrogens with zero attached hydrogens (tertiary/aromatic N) is 3. The van der Waals surface area contributed by atoms with Crippen molar-refractivity contribution < 1.29 is 0 Å². The first-order chi connectivity index (χ1) is 6.93. The number of rotatable bonds is 0. The molecule has 66 valence electrons. The standard InChI is InChI=1S/C11H5N3/c1-3-8-7-10-9(4-2-5-12-10)14-11(8)13-6-1/h1-2,5-7H/q-2. The average molecular weight is 179 g/mol. The van der Waals surface area contributed by atoms with Crippen molar-refractivity contribution >= 4 is 22.1 Å². The molecule has 0 fully saturated rings. The zero-order valence-electron chi connectivity index (χ0n) is 7.23. The molecule has 0 aliphatic carbocycles. The van der Waals surface area contributed by atoms with Crippen molar-refractivity contribution in [3.63, 3.8) is 0 Å². The molecule has 0 aromatic carbocycles. The first kappa shape index (κ1) is 7.38. The fraction of sp³-hybridized carbons (Fsp3) is 0. The van der Waals surface area contributed by atoms with Crippen molar-refractivity contribution in [2.45, 2.75) is 0 Å². The van der Waals surface area contributed by atoms with Gasteiger partial charge in [0.05, 0.1) is 5.65 Å². The van der Waals surface area contributed by atoms with Crippen LogP contribution in [0, 0.1) is 12.1 Å². The van der Waals surface area contributed by atoms with Gasteiger partial charge in [0.25, 0.3) is 0 Å². The van der Waals surface area contributed by atoms with Crippen molar-refractivity contribution in [1.82, 2.24) is 15.0 Å². The zero-order chi connectivity index (χ0) is 9.38. The van der Waals surface area contributed by atoms with Crippen LogP contribution in [0.15, 0.2) is 30.6 Å². The summed E-state index contributed by atoms with van der Waals surface area (Å²) in [6.07, 6.45) is 3.38. The molecule has 0 unspecified atom stereocenters. The summed E-state index contributed by atoms with van der Waals surface area (Å²) in [7, 11) is 0. The summed E-state index contributed by atoms with van der Waals surface area (Å²) in [5.74, 6) is 0. The Hall–Kier alpha value is -2.03. The Morgan fingerprint density at radius 2 is 1.86 bits per heavy atom. The van der Waals surface area contributed by atoms with Gasteiger partial charge < -0.3 is 15.0 Å². The number of hydrogen-bond acceptors (Lipinski definition) is 3. The molecule has 0 amide bonds. The molecule has 0 N–H and O–H groups in total. The van der Waals surface area contributed by atoms with Crippen LogP contribution in [0.3, 0.4) is 0 Å². The lowest BCUT2D eigenvalue weighted by molar-refractivity contribution is 1.30. The van der Waals surface area contributed by atoms with E-state index in [2.05, 4.69) is 27.1 Å². The van der Waals surface area contributed by atoms with Crippen molar-refractivity contribution in [1.29, 1.82) is 0 Å². The topological polar surface area (TPSA) is 38.7 Å². The minimum atomic E-state index is 0.684. The van der Waals surface area contributed by atoms with Gasteiger partial charge in [0.2, 0.25) is 0 Å². The Morgan fingerprint density at radius 1 is 1.00 bits per heavy atom. The van der Waals surface area contributed by atoms with Crippen LogP contribution < -0.4 is 0 Å². The van der Waals surface area contributed by atoms with E-state index in [1.807, 2.05) is 6.07 Å². The molecule has 0 saturated carbocycles. The van der Waals surface area contributed by atoms with Gasteiger partial charge in [0, 0.05) is 0 Å². The van der Waals surface area contributed by atoms with Gasteiger partial charge in [0.1, 0.15) is 0 Å². The molecule has 0 spiro atoms. The van der Waals surface area contributed by atoms with E-state index in [0.717, 1.165) is 16.4 Å². The van der Waals surface area contributed by atoms with Crippen LogP contribution in [0.1, 0.15) is 0 Å². The van der Waals surface area contributed by atoms with Crippen molar-refractivity contribution in [2.24, 2.45) is 0 Å². The van der Waals surface area contributed by atoms with Crippen LogP contribution in [0.4, 0.5) is 0 Å². The lowest BCUT2D eigenvalue weighted by Crippen LogP contribution is -1.86. The van der Waals surface area contributed by atoms with Gasteiger partial charge in [-0.05, 0) is 5.52 Å². The number of aromatic nitrogens is 3. The lowest BCUT2D eigenvalue weighted by Gasteiger charge is -2.10. The maximum atomic E-state index is 4.32. The predicted octanol–water partition coefficient (Wildman–Crippen LogP) is 1.78. The van der Waals surface area contributed by atoms with Crippen molar-refractivity contribution in [2.75, 3.05) is 0 Å². The summed E-state index contributed by atoms with van der Waals surface area (Å²) >= 11 is 0. The second-order valence-electron chi connectivity index (χ2n) is 2.91. The van der Waals surface area contributed by atoms with Crippen LogP contribution in [0.2, 0.25) is 0 Å². The molecule has 0 aliphatic rings. The molecule has 0 aliphatic heterocycles. The van der Waals surface area contributed by atoms with E-state index in [9.17, 15) is 0 Å². The summed E-state index contributed by atoms with van der Waals surface area (Å²) in [4.78, 5) is 12.6. The number of hydrogen-bond donors (Lipinski definition) is 0. The fourth-order valence-corrected chi connectivity index (χ4v) is 1.37. The maximum absolute atomic E-state index is 4.32. The smallest absolute Gasteiger partial charge is 0.0623 e. The average Bonchev–Trinajstić information content (AvgIpc) is 2.26. The third-order valence-corrected chi connectivity index (χ3v) is 2.00. The second-order valence-corrected chi connectivity index (χ2v) is 2.91. The Bertz CT molecular complexity index is 499. The summed E-state index contributed by atoms with van der Waals surface area (Å²) in [5, 5.41) is 0.882. The molecular weight excluding hydrogens is 174 g/mol. The molecule has 3 aromatic rings. The highest BCUT2D eigenvalue weighted by atomic mass is 14.8. The summed E-state index contributed by atoms with van der Waals surface area (Å²) in [5.41, 5.74) is 2.25. The third kappa shape index (κ3) is 1.03. The van der Waals surface area contributed by atoms with Gasteiger partial charge in [-0.3, -0.25) is 0 Å².